The van der Waals surface area contributed by atoms with Gasteiger partial charge in [-0.2, -0.15) is 31.8 Å². The fraction of sp³-hybridized carbons (Fsp3) is 0.364. The number of nitrogens with two attached hydrogens (primary N) is 1. The standard InChI is InChI=1S/C9H13NO3S.C2HF3O2/c1-6-4-7(2)9(8(3)5-6)14(11,12)13-10;3-2(4,5)1(6)7/h4-5H,10H2,1-3H3;(H,6,7). The lowest BCUT2D eigenvalue weighted by atomic mass is 10.1. The fourth-order valence-corrected chi connectivity index (χ4v) is 2.61. The maximum absolute atomic E-state index is 11.4. The lowest BCUT2D eigenvalue weighted by molar-refractivity contribution is -0.192. The Morgan fingerprint density at radius 3 is 1.76 bits per heavy atom. The summed E-state index contributed by atoms with van der Waals surface area (Å²) in [7, 11) is -3.80. The number of benzene rings is 1. The van der Waals surface area contributed by atoms with Crippen molar-refractivity contribution in [2.24, 2.45) is 5.90 Å². The van der Waals surface area contributed by atoms with E-state index in [2.05, 4.69) is 4.28 Å². The van der Waals surface area contributed by atoms with Gasteiger partial charge in [-0.3, -0.25) is 0 Å². The summed E-state index contributed by atoms with van der Waals surface area (Å²) < 4.78 is 58.5. The third-order valence-electron chi connectivity index (χ3n) is 2.22. The second-order valence-corrected chi connectivity index (χ2v) is 5.59. The molecule has 0 spiro atoms. The second-order valence-electron chi connectivity index (χ2n) is 4.08. The van der Waals surface area contributed by atoms with Crippen LogP contribution in [0.5, 0.6) is 0 Å². The highest BCUT2D eigenvalue weighted by molar-refractivity contribution is 7.86. The van der Waals surface area contributed by atoms with Gasteiger partial charge in [-0.1, -0.05) is 17.7 Å². The summed E-state index contributed by atoms with van der Waals surface area (Å²) in [5.74, 6) is 1.97. The fourth-order valence-electron chi connectivity index (χ4n) is 1.61. The van der Waals surface area contributed by atoms with E-state index >= 15 is 0 Å². The van der Waals surface area contributed by atoms with Gasteiger partial charge in [-0.05, 0) is 31.9 Å². The molecule has 1 aromatic rings. The van der Waals surface area contributed by atoms with Crippen molar-refractivity contribution in [2.75, 3.05) is 0 Å². The highest BCUT2D eigenvalue weighted by atomic mass is 32.2. The van der Waals surface area contributed by atoms with Crippen LogP contribution in [0.2, 0.25) is 0 Å². The Kier molecular flexibility index (Phi) is 6.33. The van der Waals surface area contributed by atoms with Crippen LogP contribution in [0, 0.1) is 20.8 Å². The molecule has 1 rings (SSSR count). The molecule has 0 amide bonds. The number of aliphatic carboxylic acids is 1. The molecule has 0 heterocycles. The quantitative estimate of drug-likeness (QED) is 0.802. The van der Waals surface area contributed by atoms with Crippen LogP contribution < -0.4 is 5.90 Å². The zero-order valence-corrected chi connectivity index (χ0v) is 12.2. The minimum absolute atomic E-state index is 0.158. The first-order chi connectivity index (χ1) is 9.32. The van der Waals surface area contributed by atoms with Crippen molar-refractivity contribution in [1.82, 2.24) is 0 Å². The van der Waals surface area contributed by atoms with Crippen molar-refractivity contribution in [1.29, 1.82) is 0 Å². The molecule has 0 bridgehead atoms. The third kappa shape index (κ3) is 5.69. The van der Waals surface area contributed by atoms with E-state index in [-0.39, 0.29) is 4.90 Å². The van der Waals surface area contributed by atoms with Crippen molar-refractivity contribution in [2.45, 2.75) is 31.8 Å². The van der Waals surface area contributed by atoms with Crippen LogP contribution in [0.25, 0.3) is 0 Å². The highest BCUT2D eigenvalue weighted by Crippen LogP contribution is 2.22. The largest absolute Gasteiger partial charge is 0.490 e. The summed E-state index contributed by atoms with van der Waals surface area (Å²) in [4.78, 5) is 9.05. The van der Waals surface area contributed by atoms with E-state index in [0.717, 1.165) is 5.56 Å². The van der Waals surface area contributed by atoms with Crippen LogP contribution in [0.15, 0.2) is 17.0 Å². The second kappa shape index (κ2) is 6.87. The molecule has 3 N–H and O–H groups in total. The predicted octanol–water partition coefficient (Wildman–Crippen LogP) is 1.82. The maximum atomic E-state index is 11.4. The first-order valence-corrected chi connectivity index (χ1v) is 6.75. The molecule has 0 radical (unpaired) electrons. The Balaban J connectivity index is 0.000000486. The van der Waals surface area contributed by atoms with E-state index in [0.29, 0.717) is 11.1 Å². The maximum Gasteiger partial charge on any atom is 0.490 e. The van der Waals surface area contributed by atoms with Crippen molar-refractivity contribution in [3.05, 3.63) is 28.8 Å². The highest BCUT2D eigenvalue weighted by Gasteiger charge is 2.38. The molecular weight excluding hydrogens is 315 g/mol. The summed E-state index contributed by atoms with van der Waals surface area (Å²) in [6.45, 7) is 5.33. The van der Waals surface area contributed by atoms with Crippen molar-refractivity contribution < 1.29 is 35.8 Å². The third-order valence-corrected chi connectivity index (χ3v) is 3.62. The molecule has 21 heavy (non-hydrogen) atoms. The molecule has 0 saturated heterocycles. The van der Waals surface area contributed by atoms with Crippen molar-refractivity contribution >= 4 is 16.1 Å². The molecule has 120 valence electrons. The van der Waals surface area contributed by atoms with Gasteiger partial charge in [-0.15, -0.1) is 0 Å². The van der Waals surface area contributed by atoms with Crippen LogP contribution in [0.4, 0.5) is 13.2 Å². The summed E-state index contributed by atoms with van der Waals surface area (Å²) in [5, 5.41) is 7.12. The van der Waals surface area contributed by atoms with E-state index in [4.69, 9.17) is 15.8 Å². The van der Waals surface area contributed by atoms with Crippen LogP contribution in [0.3, 0.4) is 0 Å². The topological polar surface area (TPSA) is 107 Å². The van der Waals surface area contributed by atoms with Gasteiger partial charge in [0.15, 0.2) is 0 Å². The van der Waals surface area contributed by atoms with Gasteiger partial charge in [0, 0.05) is 0 Å². The van der Waals surface area contributed by atoms with E-state index < -0.39 is 22.3 Å². The van der Waals surface area contributed by atoms with Gasteiger partial charge in [0.05, 0.1) is 0 Å². The first kappa shape index (κ1) is 19.4. The number of aryl methyl sites for hydroxylation is 3. The Morgan fingerprint density at radius 1 is 1.19 bits per heavy atom. The zero-order valence-electron chi connectivity index (χ0n) is 11.4. The molecular formula is C11H14F3NO5S. The number of alkyl halides is 3. The average molecular weight is 329 g/mol. The lowest BCUT2D eigenvalue weighted by Crippen LogP contribution is -2.21. The Hall–Kier alpha value is -1.65. The summed E-state index contributed by atoms with van der Waals surface area (Å²) in [6, 6.07) is 3.55. The minimum Gasteiger partial charge on any atom is -0.475 e. The minimum atomic E-state index is -5.08. The monoisotopic (exact) mass is 329 g/mol. The molecule has 1 aromatic carbocycles. The first-order valence-electron chi connectivity index (χ1n) is 5.34. The zero-order chi connectivity index (χ0) is 17.0. The van der Waals surface area contributed by atoms with Gasteiger partial charge >= 0.3 is 22.3 Å². The SMILES string of the molecule is Cc1cc(C)c(S(=O)(=O)ON)c(C)c1.O=C(O)C(F)(F)F. The number of carboxylic acids is 1. The Morgan fingerprint density at radius 2 is 1.52 bits per heavy atom. The molecule has 0 aromatic heterocycles. The molecule has 0 saturated carbocycles. The number of carboxylic acid groups (broad SMARTS) is 1. The number of hydrogen-bond donors (Lipinski definition) is 2. The summed E-state index contributed by atoms with van der Waals surface area (Å²) in [6.07, 6.45) is -5.08. The average Bonchev–Trinajstić information content (AvgIpc) is 2.26. The number of halogens is 3. The Bertz CT molecular complexity index is 602. The molecule has 6 nitrogen and oxygen atoms in total. The van der Waals surface area contributed by atoms with Crippen molar-refractivity contribution in [3.63, 3.8) is 0 Å². The molecule has 0 atom stereocenters. The van der Waals surface area contributed by atoms with Crippen LogP contribution in [-0.4, -0.2) is 25.7 Å². The Labute approximate surface area is 119 Å². The van der Waals surface area contributed by atoms with E-state index in [1.54, 1.807) is 26.0 Å². The van der Waals surface area contributed by atoms with Gasteiger partial charge in [0.25, 0.3) is 0 Å². The van der Waals surface area contributed by atoms with Crippen LogP contribution in [-0.2, 0) is 19.2 Å². The molecule has 0 aliphatic carbocycles. The summed E-state index contributed by atoms with van der Waals surface area (Å²) >= 11 is 0. The van der Waals surface area contributed by atoms with Gasteiger partial charge in [-0.25, -0.2) is 4.79 Å². The molecule has 10 heteroatoms. The number of carbonyl (C=O) groups is 1. The molecule has 0 unspecified atom stereocenters. The van der Waals surface area contributed by atoms with E-state index in [1.165, 1.54) is 0 Å². The number of hydrogen-bond acceptors (Lipinski definition) is 5. The normalized spacial score (nSPS) is 11.6. The summed E-state index contributed by atoms with van der Waals surface area (Å²) in [5.41, 5.74) is 2.30. The van der Waals surface area contributed by atoms with E-state index in [9.17, 15) is 21.6 Å². The molecule has 0 aliphatic rings. The van der Waals surface area contributed by atoms with Gasteiger partial charge in [0.2, 0.25) is 0 Å². The van der Waals surface area contributed by atoms with Crippen LogP contribution >= 0.6 is 0 Å². The smallest absolute Gasteiger partial charge is 0.475 e. The molecule has 0 fully saturated rings. The van der Waals surface area contributed by atoms with Crippen molar-refractivity contribution in [3.8, 4) is 0 Å². The van der Waals surface area contributed by atoms with E-state index in [1.807, 2.05) is 6.92 Å². The predicted molar refractivity (Wildman–Crippen MR) is 66.8 cm³/mol. The number of rotatable bonds is 2. The van der Waals surface area contributed by atoms with Gasteiger partial charge < -0.3 is 5.11 Å². The molecule has 0 aliphatic heterocycles. The lowest BCUT2D eigenvalue weighted by Gasteiger charge is -2.09. The van der Waals surface area contributed by atoms with Gasteiger partial charge in [0.1, 0.15) is 4.90 Å². The van der Waals surface area contributed by atoms with Crippen LogP contribution in [0.1, 0.15) is 16.7 Å².